The molecule has 3 nitrogen and oxygen atoms in total. The van der Waals surface area contributed by atoms with Crippen molar-refractivity contribution in [3.8, 4) is 0 Å². The Labute approximate surface area is 98.2 Å². The number of hydrogen-bond donors (Lipinski definition) is 1. The quantitative estimate of drug-likeness (QED) is 0.802. The predicted octanol–water partition coefficient (Wildman–Crippen LogP) is 1.61. The van der Waals surface area contributed by atoms with E-state index in [0.29, 0.717) is 18.8 Å². The first kappa shape index (κ1) is 12.4. The third kappa shape index (κ3) is 2.98. The standard InChI is InChI=1S/C12H22O3S/c1-16(14,15)8-4-7-11(13)12-9-5-2-3-6-10(9)12/h9-13H,2-8H2,1H3. The van der Waals surface area contributed by atoms with E-state index >= 15 is 0 Å². The molecule has 94 valence electrons. The number of aliphatic hydroxyl groups is 1. The molecule has 1 N–H and O–H groups in total. The second-order valence-corrected chi connectivity index (χ2v) is 7.79. The van der Waals surface area contributed by atoms with E-state index in [1.165, 1.54) is 31.9 Å². The minimum absolute atomic E-state index is 0.214. The Balaban J connectivity index is 1.71. The van der Waals surface area contributed by atoms with E-state index in [-0.39, 0.29) is 11.9 Å². The van der Waals surface area contributed by atoms with Crippen LogP contribution in [-0.4, -0.2) is 31.6 Å². The molecule has 0 amide bonds. The van der Waals surface area contributed by atoms with Crippen LogP contribution >= 0.6 is 0 Å². The molecule has 0 bridgehead atoms. The van der Waals surface area contributed by atoms with Crippen LogP contribution in [0.2, 0.25) is 0 Å². The molecule has 0 heterocycles. The number of fused-ring (bicyclic) bond motifs is 1. The molecule has 4 heteroatoms. The van der Waals surface area contributed by atoms with Crippen LogP contribution in [0.25, 0.3) is 0 Å². The first-order valence-corrected chi connectivity index (χ1v) is 8.41. The Morgan fingerprint density at radius 1 is 1.25 bits per heavy atom. The van der Waals surface area contributed by atoms with E-state index in [0.717, 1.165) is 11.8 Å². The first-order chi connectivity index (χ1) is 7.49. The summed E-state index contributed by atoms with van der Waals surface area (Å²) in [6.07, 6.45) is 7.45. The lowest BCUT2D eigenvalue weighted by molar-refractivity contribution is 0.130. The summed E-state index contributed by atoms with van der Waals surface area (Å²) in [6.45, 7) is 0. The van der Waals surface area contributed by atoms with Gasteiger partial charge in [0.2, 0.25) is 0 Å². The maximum Gasteiger partial charge on any atom is 0.147 e. The van der Waals surface area contributed by atoms with Crippen LogP contribution in [0.3, 0.4) is 0 Å². The van der Waals surface area contributed by atoms with E-state index in [2.05, 4.69) is 0 Å². The number of rotatable bonds is 5. The third-order valence-corrected chi connectivity index (χ3v) is 5.21. The fourth-order valence-electron chi connectivity index (χ4n) is 3.37. The Bertz CT molecular complexity index is 324. The lowest BCUT2D eigenvalue weighted by atomic mass is 10.0. The highest BCUT2D eigenvalue weighted by molar-refractivity contribution is 7.90. The summed E-state index contributed by atoms with van der Waals surface area (Å²) in [7, 11) is -2.86. The second-order valence-electron chi connectivity index (χ2n) is 5.53. The van der Waals surface area contributed by atoms with Gasteiger partial charge in [-0.15, -0.1) is 0 Å². The molecule has 0 aromatic rings. The number of aliphatic hydroxyl groups excluding tert-OH is 1. The fraction of sp³-hybridized carbons (Fsp3) is 1.00. The van der Waals surface area contributed by atoms with Crippen LogP contribution in [-0.2, 0) is 9.84 Å². The van der Waals surface area contributed by atoms with Crippen molar-refractivity contribution in [3.05, 3.63) is 0 Å². The van der Waals surface area contributed by atoms with E-state index in [4.69, 9.17) is 0 Å². The van der Waals surface area contributed by atoms with E-state index in [1.807, 2.05) is 0 Å². The SMILES string of the molecule is CS(=O)(=O)CCCC(O)C1C2CCCCC21. The van der Waals surface area contributed by atoms with Gasteiger partial charge in [0.05, 0.1) is 6.10 Å². The summed E-state index contributed by atoms with van der Waals surface area (Å²) < 4.78 is 21.9. The molecule has 0 spiro atoms. The minimum atomic E-state index is -2.86. The van der Waals surface area contributed by atoms with E-state index < -0.39 is 9.84 Å². The van der Waals surface area contributed by atoms with Gasteiger partial charge in [-0.05, 0) is 43.4 Å². The van der Waals surface area contributed by atoms with Gasteiger partial charge in [-0.3, -0.25) is 0 Å². The summed E-state index contributed by atoms with van der Waals surface area (Å²) in [5, 5.41) is 10.0. The monoisotopic (exact) mass is 246 g/mol. The average molecular weight is 246 g/mol. The molecule has 3 unspecified atom stereocenters. The highest BCUT2D eigenvalue weighted by atomic mass is 32.2. The van der Waals surface area contributed by atoms with Gasteiger partial charge in [0, 0.05) is 12.0 Å². The van der Waals surface area contributed by atoms with Crippen molar-refractivity contribution < 1.29 is 13.5 Å². The molecule has 2 fully saturated rings. The van der Waals surface area contributed by atoms with E-state index in [1.54, 1.807) is 0 Å². The highest BCUT2D eigenvalue weighted by Gasteiger charge is 2.53. The summed E-state index contributed by atoms with van der Waals surface area (Å²) in [4.78, 5) is 0. The van der Waals surface area contributed by atoms with Gasteiger partial charge >= 0.3 is 0 Å². The molecular weight excluding hydrogens is 224 g/mol. The predicted molar refractivity (Wildman–Crippen MR) is 63.9 cm³/mol. The minimum Gasteiger partial charge on any atom is -0.393 e. The zero-order valence-electron chi connectivity index (χ0n) is 9.93. The molecule has 2 aliphatic rings. The fourth-order valence-corrected chi connectivity index (χ4v) is 4.06. The molecular formula is C12H22O3S. The summed E-state index contributed by atoms with van der Waals surface area (Å²) >= 11 is 0. The van der Waals surface area contributed by atoms with Crippen molar-refractivity contribution in [2.45, 2.75) is 44.6 Å². The Hall–Kier alpha value is -0.0900. The molecule has 2 rings (SSSR count). The van der Waals surface area contributed by atoms with Crippen molar-refractivity contribution in [1.82, 2.24) is 0 Å². The second kappa shape index (κ2) is 4.65. The van der Waals surface area contributed by atoms with Crippen molar-refractivity contribution in [2.24, 2.45) is 17.8 Å². The van der Waals surface area contributed by atoms with Gasteiger partial charge in [0.25, 0.3) is 0 Å². The molecule has 0 aromatic heterocycles. The average Bonchev–Trinajstić information content (AvgIpc) is 2.89. The Morgan fingerprint density at radius 2 is 1.81 bits per heavy atom. The Morgan fingerprint density at radius 3 is 2.31 bits per heavy atom. The maximum atomic E-state index is 11.0. The Kier molecular flexibility index (Phi) is 3.59. The van der Waals surface area contributed by atoms with Gasteiger partial charge in [-0.2, -0.15) is 0 Å². The van der Waals surface area contributed by atoms with Gasteiger partial charge in [-0.1, -0.05) is 12.8 Å². The number of hydrogen-bond acceptors (Lipinski definition) is 3. The van der Waals surface area contributed by atoms with Crippen molar-refractivity contribution in [3.63, 3.8) is 0 Å². The zero-order chi connectivity index (χ0) is 11.8. The topological polar surface area (TPSA) is 54.4 Å². The first-order valence-electron chi connectivity index (χ1n) is 6.35. The van der Waals surface area contributed by atoms with Gasteiger partial charge in [0.1, 0.15) is 9.84 Å². The van der Waals surface area contributed by atoms with Gasteiger partial charge in [0.15, 0.2) is 0 Å². The largest absolute Gasteiger partial charge is 0.393 e. The lowest BCUT2D eigenvalue weighted by Gasteiger charge is -2.09. The van der Waals surface area contributed by atoms with Crippen molar-refractivity contribution in [1.29, 1.82) is 0 Å². The molecule has 0 aromatic carbocycles. The summed E-state index contributed by atoms with van der Waals surface area (Å²) in [5.41, 5.74) is 0. The van der Waals surface area contributed by atoms with Crippen LogP contribution in [0.1, 0.15) is 38.5 Å². The zero-order valence-corrected chi connectivity index (χ0v) is 10.7. The van der Waals surface area contributed by atoms with Crippen LogP contribution < -0.4 is 0 Å². The summed E-state index contributed by atoms with van der Waals surface area (Å²) in [5.74, 6) is 2.21. The lowest BCUT2D eigenvalue weighted by Crippen LogP contribution is -2.14. The van der Waals surface area contributed by atoms with Crippen LogP contribution in [0.15, 0.2) is 0 Å². The van der Waals surface area contributed by atoms with Crippen molar-refractivity contribution in [2.75, 3.05) is 12.0 Å². The maximum absolute atomic E-state index is 11.0. The normalized spacial score (nSPS) is 35.5. The highest BCUT2D eigenvalue weighted by Crippen LogP contribution is 2.57. The summed E-state index contributed by atoms with van der Waals surface area (Å²) in [6, 6.07) is 0. The third-order valence-electron chi connectivity index (χ3n) is 4.18. The molecule has 0 radical (unpaired) electrons. The van der Waals surface area contributed by atoms with Crippen molar-refractivity contribution >= 4 is 9.84 Å². The molecule has 0 aliphatic heterocycles. The smallest absolute Gasteiger partial charge is 0.147 e. The molecule has 16 heavy (non-hydrogen) atoms. The van der Waals surface area contributed by atoms with Crippen LogP contribution in [0, 0.1) is 17.8 Å². The van der Waals surface area contributed by atoms with Gasteiger partial charge in [-0.25, -0.2) is 8.42 Å². The molecule has 2 saturated carbocycles. The van der Waals surface area contributed by atoms with E-state index in [9.17, 15) is 13.5 Å². The molecule has 0 saturated heterocycles. The van der Waals surface area contributed by atoms with Crippen LogP contribution in [0.4, 0.5) is 0 Å². The van der Waals surface area contributed by atoms with Crippen LogP contribution in [0.5, 0.6) is 0 Å². The molecule has 2 aliphatic carbocycles. The van der Waals surface area contributed by atoms with Gasteiger partial charge < -0.3 is 5.11 Å². The number of sulfone groups is 1. The molecule has 3 atom stereocenters.